The van der Waals surface area contributed by atoms with Gasteiger partial charge in [-0.2, -0.15) is 0 Å². The van der Waals surface area contributed by atoms with Crippen LogP contribution in [0.1, 0.15) is 33.5 Å². The standard InChI is InChI=1S/C15H26N4O/c1-12(11-20)18-7-9-19(10-8-18)13-5-6-16-14(17-13)15(2,3)4/h5-6,12,20H,7-11H2,1-4H3/t12-/m0/s1. The number of hydrogen-bond acceptors (Lipinski definition) is 5. The summed E-state index contributed by atoms with van der Waals surface area (Å²) in [6.45, 7) is 12.5. The van der Waals surface area contributed by atoms with Gasteiger partial charge in [-0.1, -0.05) is 20.8 Å². The van der Waals surface area contributed by atoms with E-state index in [0.29, 0.717) is 0 Å². The first-order chi connectivity index (χ1) is 9.41. The highest BCUT2D eigenvalue weighted by molar-refractivity contribution is 5.38. The molecule has 0 saturated carbocycles. The van der Waals surface area contributed by atoms with Crippen molar-refractivity contribution in [3.05, 3.63) is 18.1 Å². The molecule has 2 heterocycles. The van der Waals surface area contributed by atoms with Gasteiger partial charge in [-0.05, 0) is 13.0 Å². The molecular formula is C15H26N4O. The summed E-state index contributed by atoms with van der Waals surface area (Å²) in [5.74, 6) is 1.90. The van der Waals surface area contributed by atoms with Crippen LogP contribution in [-0.4, -0.2) is 58.8 Å². The Morgan fingerprint density at radius 3 is 2.45 bits per heavy atom. The number of rotatable bonds is 3. The second-order valence-corrected chi connectivity index (χ2v) is 6.54. The molecule has 0 aromatic carbocycles. The van der Waals surface area contributed by atoms with Gasteiger partial charge < -0.3 is 10.0 Å². The van der Waals surface area contributed by atoms with Gasteiger partial charge in [0.1, 0.15) is 11.6 Å². The van der Waals surface area contributed by atoms with E-state index >= 15 is 0 Å². The monoisotopic (exact) mass is 278 g/mol. The maximum absolute atomic E-state index is 9.22. The van der Waals surface area contributed by atoms with E-state index in [4.69, 9.17) is 4.98 Å². The van der Waals surface area contributed by atoms with Gasteiger partial charge in [0.25, 0.3) is 0 Å². The number of hydrogen-bond donors (Lipinski definition) is 1. The van der Waals surface area contributed by atoms with Gasteiger partial charge in [0.2, 0.25) is 0 Å². The highest BCUT2D eigenvalue weighted by Crippen LogP contribution is 2.21. The van der Waals surface area contributed by atoms with Crippen LogP contribution in [0.15, 0.2) is 12.3 Å². The van der Waals surface area contributed by atoms with Gasteiger partial charge >= 0.3 is 0 Å². The third-order valence-electron chi connectivity index (χ3n) is 3.84. The number of nitrogens with zero attached hydrogens (tertiary/aromatic N) is 4. The molecule has 0 amide bonds. The van der Waals surface area contributed by atoms with E-state index in [1.165, 1.54) is 0 Å². The lowest BCUT2D eigenvalue weighted by atomic mass is 9.96. The van der Waals surface area contributed by atoms with Crippen molar-refractivity contribution in [3.8, 4) is 0 Å². The number of piperazine rings is 1. The van der Waals surface area contributed by atoms with Crippen LogP contribution >= 0.6 is 0 Å². The van der Waals surface area contributed by atoms with Crippen LogP contribution in [0, 0.1) is 0 Å². The Balaban J connectivity index is 2.04. The Bertz CT molecular complexity index is 436. The molecule has 1 fully saturated rings. The first-order valence-corrected chi connectivity index (χ1v) is 7.35. The summed E-state index contributed by atoms with van der Waals surface area (Å²) in [5, 5.41) is 9.22. The maximum Gasteiger partial charge on any atom is 0.135 e. The normalized spacial score (nSPS) is 19.1. The summed E-state index contributed by atoms with van der Waals surface area (Å²) in [4.78, 5) is 13.7. The summed E-state index contributed by atoms with van der Waals surface area (Å²) < 4.78 is 0. The molecule has 0 aliphatic carbocycles. The van der Waals surface area contributed by atoms with Crippen molar-refractivity contribution in [3.63, 3.8) is 0 Å². The van der Waals surface area contributed by atoms with Crippen LogP contribution < -0.4 is 4.90 Å². The minimum Gasteiger partial charge on any atom is -0.395 e. The predicted molar refractivity (Wildman–Crippen MR) is 81.1 cm³/mol. The van der Waals surface area contributed by atoms with Crippen LogP contribution in [0.2, 0.25) is 0 Å². The Morgan fingerprint density at radius 1 is 1.25 bits per heavy atom. The lowest BCUT2D eigenvalue weighted by Gasteiger charge is -2.38. The van der Waals surface area contributed by atoms with Crippen LogP contribution in [0.25, 0.3) is 0 Å². The minimum absolute atomic E-state index is 0.0246. The zero-order chi connectivity index (χ0) is 14.8. The number of aliphatic hydroxyl groups excluding tert-OH is 1. The van der Waals surface area contributed by atoms with Crippen molar-refractivity contribution in [1.82, 2.24) is 14.9 Å². The molecule has 112 valence electrons. The highest BCUT2D eigenvalue weighted by Gasteiger charge is 2.23. The lowest BCUT2D eigenvalue weighted by molar-refractivity contribution is 0.128. The SMILES string of the molecule is C[C@@H](CO)N1CCN(c2ccnc(C(C)(C)C)n2)CC1. The van der Waals surface area contributed by atoms with Crippen molar-refractivity contribution in [2.24, 2.45) is 0 Å². The second-order valence-electron chi connectivity index (χ2n) is 6.54. The van der Waals surface area contributed by atoms with E-state index in [2.05, 4.69) is 42.5 Å². The summed E-state index contributed by atoms with van der Waals surface area (Å²) >= 11 is 0. The second kappa shape index (κ2) is 6.06. The van der Waals surface area contributed by atoms with Crippen molar-refractivity contribution >= 4 is 5.82 Å². The van der Waals surface area contributed by atoms with Crippen LogP contribution in [0.5, 0.6) is 0 Å². The van der Waals surface area contributed by atoms with Crippen molar-refractivity contribution in [2.45, 2.75) is 39.2 Å². The minimum atomic E-state index is -0.0246. The molecule has 1 saturated heterocycles. The molecule has 1 N–H and O–H groups in total. The summed E-state index contributed by atoms with van der Waals surface area (Å²) in [6.07, 6.45) is 1.85. The predicted octanol–water partition coefficient (Wildman–Crippen LogP) is 1.28. The third kappa shape index (κ3) is 3.46. The van der Waals surface area contributed by atoms with E-state index < -0.39 is 0 Å². The zero-order valence-corrected chi connectivity index (χ0v) is 13.0. The van der Waals surface area contributed by atoms with Crippen molar-refractivity contribution in [1.29, 1.82) is 0 Å². The van der Waals surface area contributed by atoms with Crippen molar-refractivity contribution in [2.75, 3.05) is 37.7 Å². The fourth-order valence-electron chi connectivity index (χ4n) is 2.39. The first-order valence-electron chi connectivity index (χ1n) is 7.35. The summed E-state index contributed by atoms with van der Waals surface area (Å²) in [6, 6.07) is 2.23. The molecule has 20 heavy (non-hydrogen) atoms. The van der Waals surface area contributed by atoms with Gasteiger partial charge in [0.05, 0.1) is 6.61 Å². The molecule has 0 unspecified atom stereocenters. The van der Waals surface area contributed by atoms with Crippen LogP contribution in [0.3, 0.4) is 0 Å². The van der Waals surface area contributed by atoms with Gasteiger partial charge in [0.15, 0.2) is 0 Å². The molecule has 1 aliphatic heterocycles. The molecule has 1 aliphatic rings. The topological polar surface area (TPSA) is 52.5 Å². The van der Waals surface area contributed by atoms with E-state index in [0.717, 1.165) is 37.8 Å². The largest absolute Gasteiger partial charge is 0.395 e. The van der Waals surface area contributed by atoms with Gasteiger partial charge in [-0.25, -0.2) is 9.97 Å². The summed E-state index contributed by atoms with van der Waals surface area (Å²) in [5.41, 5.74) is -0.0246. The smallest absolute Gasteiger partial charge is 0.135 e. The Hall–Kier alpha value is -1.20. The quantitative estimate of drug-likeness (QED) is 0.902. The third-order valence-corrected chi connectivity index (χ3v) is 3.84. The average Bonchev–Trinajstić information content (AvgIpc) is 2.46. The maximum atomic E-state index is 9.22. The van der Waals surface area contributed by atoms with Gasteiger partial charge in [-0.15, -0.1) is 0 Å². The molecular weight excluding hydrogens is 252 g/mol. The lowest BCUT2D eigenvalue weighted by Crippen LogP contribution is -2.50. The molecule has 2 rings (SSSR count). The van der Waals surface area contributed by atoms with E-state index in [1.807, 2.05) is 12.3 Å². The fraction of sp³-hybridized carbons (Fsp3) is 0.733. The van der Waals surface area contributed by atoms with Gasteiger partial charge in [0, 0.05) is 43.8 Å². The molecule has 5 nitrogen and oxygen atoms in total. The molecule has 0 radical (unpaired) electrons. The zero-order valence-electron chi connectivity index (χ0n) is 13.0. The Labute approximate surface area is 121 Å². The molecule has 0 bridgehead atoms. The van der Waals surface area contributed by atoms with E-state index in [9.17, 15) is 5.11 Å². The Morgan fingerprint density at radius 2 is 1.90 bits per heavy atom. The highest BCUT2D eigenvalue weighted by atomic mass is 16.3. The average molecular weight is 278 g/mol. The van der Waals surface area contributed by atoms with Crippen LogP contribution in [-0.2, 0) is 5.41 Å². The number of aliphatic hydroxyl groups is 1. The molecule has 1 aromatic heterocycles. The van der Waals surface area contributed by atoms with Crippen molar-refractivity contribution < 1.29 is 5.11 Å². The van der Waals surface area contributed by atoms with E-state index in [-0.39, 0.29) is 18.1 Å². The first kappa shape index (κ1) is 15.2. The number of aromatic nitrogens is 2. The molecule has 5 heteroatoms. The summed E-state index contributed by atoms with van der Waals surface area (Å²) in [7, 11) is 0. The molecule has 1 atom stereocenters. The van der Waals surface area contributed by atoms with Gasteiger partial charge in [-0.3, -0.25) is 4.90 Å². The molecule has 0 spiro atoms. The fourth-order valence-corrected chi connectivity index (χ4v) is 2.39. The Kier molecular flexibility index (Phi) is 4.60. The van der Waals surface area contributed by atoms with E-state index in [1.54, 1.807) is 0 Å². The number of anilines is 1. The van der Waals surface area contributed by atoms with Crippen LogP contribution in [0.4, 0.5) is 5.82 Å². The molecule has 1 aromatic rings.